The second-order valence-corrected chi connectivity index (χ2v) is 9.00. The van der Waals surface area contributed by atoms with Gasteiger partial charge in [-0.05, 0) is 67.1 Å². The van der Waals surface area contributed by atoms with Gasteiger partial charge in [-0.2, -0.15) is 0 Å². The largest absolute Gasteiger partial charge is 0.472 e. The molecule has 1 heterocycles. The summed E-state index contributed by atoms with van der Waals surface area (Å²) in [5.74, 6) is 0.0978. The van der Waals surface area contributed by atoms with Gasteiger partial charge in [0.15, 0.2) is 0 Å². The fourth-order valence-corrected chi connectivity index (χ4v) is 5.60. The van der Waals surface area contributed by atoms with E-state index in [4.69, 9.17) is 13.9 Å². The topological polar surface area (TPSA) is 65.7 Å². The van der Waals surface area contributed by atoms with E-state index < -0.39 is 0 Å². The number of carbonyl (C=O) groups excluding carboxylic acids is 2. The summed E-state index contributed by atoms with van der Waals surface area (Å²) in [6.45, 7) is 8.25. The van der Waals surface area contributed by atoms with Crippen LogP contribution in [0.3, 0.4) is 0 Å². The number of aryl methyl sites for hydroxylation is 1. The van der Waals surface area contributed by atoms with Crippen LogP contribution in [0.4, 0.5) is 0 Å². The third-order valence-corrected chi connectivity index (χ3v) is 7.48. The molecule has 0 spiro atoms. The van der Waals surface area contributed by atoms with Gasteiger partial charge in [-0.3, -0.25) is 4.79 Å². The van der Waals surface area contributed by atoms with Crippen LogP contribution in [0.5, 0.6) is 0 Å². The Morgan fingerprint density at radius 2 is 2.07 bits per heavy atom. The number of fused-ring (bicyclic) bond motifs is 1. The summed E-state index contributed by atoms with van der Waals surface area (Å²) in [5.41, 5.74) is 1.59. The smallest absolute Gasteiger partial charge is 0.334 e. The van der Waals surface area contributed by atoms with Gasteiger partial charge in [0, 0.05) is 17.9 Å². The summed E-state index contributed by atoms with van der Waals surface area (Å²) in [6.07, 6.45) is 9.62. The molecule has 0 radical (unpaired) electrons. The Morgan fingerprint density at radius 3 is 2.68 bits per heavy atom. The predicted molar refractivity (Wildman–Crippen MR) is 105 cm³/mol. The van der Waals surface area contributed by atoms with Crippen molar-refractivity contribution in [3.63, 3.8) is 0 Å². The molecule has 0 amide bonds. The summed E-state index contributed by atoms with van der Waals surface area (Å²) in [7, 11) is 1.42. The number of hydrogen-bond donors (Lipinski definition) is 0. The van der Waals surface area contributed by atoms with Crippen LogP contribution in [0.25, 0.3) is 0 Å². The summed E-state index contributed by atoms with van der Waals surface area (Å²) in [6, 6.07) is 2.01. The van der Waals surface area contributed by atoms with E-state index in [1.165, 1.54) is 19.6 Å². The van der Waals surface area contributed by atoms with Crippen LogP contribution >= 0.6 is 0 Å². The quantitative estimate of drug-likeness (QED) is 0.684. The minimum Gasteiger partial charge on any atom is -0.472 e. The lowest BCUT2D eigenvalue weighted by atomic mass is 9.46. The van der Waals surface area contributed by atoms with Crippen LogP contribution in [-0.4, -0.2) is 25.2 Å². The van der Waals surface area contributed by atoms with Crippen LogP contribution < -0.4 is 0 Å². The van der Waals surface area contributed by atoms with Crippen LogP contribution in [0.2, 0.25) is 0 Å². The zero-order valence-electron chi connectivity index (χ0n) is 17.6. The predicted octanol–water partition coefficient (Wildman–Crippen LogP) is 4.71. The van der Waals surface area contributed by atoms with E-state index in [9.17, 15) is 9.59 Å². The molecule has 0 aromatic carbocycles. The molecule has 0 saturated heterocycles. The Morgan fingerprint density at radius 1 is 1.32 bits per heavy atom. The molecule has 2 aliphatic carbocycles. The summed E-state index contributed by atoms with van der Waals surface area (Å²) < 4.78 is 15.9. The highest BCUT2D eigenvalue weighted by atomic mass is 16.5. The van der Waals surface area contributed by atoms with Crippen molar-refractivity contribution in [2.75, 3.05) is 7.11 Å². The molecule has 0 aliphatic heterocycles. The van der Waals surface area contributed by atoms with Crippen LogP contribution in [0.1, 0.15) is 58.9 Å². The number of ether oxygens (including phenoxy) is 2. The number of methoxy groups -OCH3 is 1. The molecule has 5 atom stereocenters. The second kappa shape index (κ2) is 7.76. The molecule has 5 heteroatoms. The fourth-order valence-electron chi connectivity index (χ4n) is 5.60. The van der Waals surface area contributed by atoms with Gasteiger partial charge in [0.2, 0.25) is 0 Å². The monoisotopic (exact) mass is 388 g/mol. The lowest BCUT2D eigenvalue weighted by Gasteiger charge is -2.58. The first-order chi connectivity index (χ1) is 13.2. The minimum absolute atomic E-state index is 0.0101. The fraction of sp³-hybridized carbons (Fsp3) is 0.652. The molecule has 0 N–H and O–H groups in total. The van der Waals surface area contributed by atoms with Gasteiger partial charge >= 0.3 is 11.9 Å². The number of carbonyl (C=O) groups is 2. The van der Waals surface area contributed by atoms with E-state index in [0.717, 1.165) is 32.1 Å². The van der Waals surface area contributed by atoms with Gasteiger partial charge < -0.3 is 13.9 Å². The van der Waals surface area contributed by atoms with Crippen molar-refractivity contribution in [3.05, 3.63) is 35.8 Å². The van der Waals surface area contributed by atoms with Crippen molar-refractivity contribution in [3.8, 4) is 0 Å². The van der Waals surface area contributed by atoms with E-state index in [1.54, 1.807) is 12.5 Å². The highest BCUT2D eigenvalue weighted by Crippen LogP contribution is 2.62. The summed E-state index contributed by atoms with van der Waals surface area (Å²) >= 11 is 0. The Hall–Kier alpha value is -2.04. The van der Waals surface area contributed by atoms with E-state index >= 15 is 0 Å². The van der Waals surface area contributed by atoms with Crippen molar-refractivity contribution in [2.45, 2.75) is 65.9 Å². The Labute approximate surface area is 167 Å². The molecule has 1 aromatic rings. The van der Waals surface area contributed by atoms with Crippen LogP contribution in [-0.2, 0) is 25.5 Å². The normalized spacial score (nSPS) is 34.9. The van der Waals surface area contributed by atoms with Gasteiger partial charge in [-0.25, -0.2) is 4.79 Å². The molecular weight excluding hydrogens is 356 g/mol. The standard InChI is InChI=1S/C23H32O5/c1-15-6-9-23(4)19(21(25)26-5)12-18(28-16(2)24)13-20(23)22(15,3)10-7-17-8-11-27-14-17/h8,11-12,14-15,18,20H,6-7,9-10,13H2,1-5H3. The minimum atomic E-state index is -0.386. The molecule has 2 aliphatic rings. The Balaban J connectivity index is 1.97. The average molecular weight is 389 g/mol. The van der Waals surface area contributed by atoms with E-state index in [2.05, 4.69) is 20.8 Å². The zero-order chi connectivity index (χ0) is 20.5. The molecule has 3 rings (SSSR count). The summed E-state index contributed by atoms with van der Waals surface area (Å²) in [5, 5.41) is 0. The highest BCUT2D eigenvalue weighted by Gasteiger charge is 2.57. The zero-order valence-corrected chi connectivity index (χ0v) is 17.6. The lowest BCUT2D eigenvalue weighted by Crippen LogP contribution is -2.53. The first-order valence-electron chi connectivity index (χ1n) is 10.2. The van der Waals surface area contributed by atoms with Gasteiger partial charge in [0.1, 0.15) is 6.10 Å². The van der Waals surface area contributed by atoms with Crippen molar-refractivity contribution < 1.29 is 23.5 Å². The van der Waals surface area contributed by atoms with Crippen molar-refractivity contribution >= 4 is 11.9 Å². The molecule has 1 saturated carbocycles. The van der Waals surface area contributed by atoms with Crippen molar-refractivity contribution in [2.24, 2.45) is 22.7 Å². The van der Waals surface area contributed by atoms with E-state index in [0.29, 0.717) is 11.5 Å². The van der Waals surface area contributed by atoms with Gasteiger partial charge in [-0.15, -0.1) is 0 Å². The second-order valence-electron chi connectivity index (χ2n) is 9.00. The van der Waals surface area contributed by atoms with Gasteiger partial charge in [-0.1, -0.05) is 20.8 Å². The molecule has 154 valence electrons. The van der Waals surface area contributed by atoms with E-state index in [-0.39, 0.29) is 34.8 Å². The van der Waals surface area contributed by atoms with Crippen molar-refractivity contribution in [1.82, 2.24) is 0 Å². The molecule has 5 unspecified atom stereocenters. The van der Waals surface area contributed by atoms with E-state index in [1.807, 2.05) is 12.1 Å². The third kappa shape index (κ3) is 3.63. The molecular formula is C23H32O5. The molecule has 28 heavy (non-hydrogen) atoms. The molecule has 5 nitrogen and oxygen atoms in total. The maximum atomic E-state index is 12.7. The number of furan rings is 1. The van der Waals surface area contributed by atoms with Crippen molar-refractivity contribution in [1.29, 1.82) is 0 Å². The number of esters is 2. The third-order valence-electron chi connectivity index (χ3n) is 7.48. The SMILES string of the molecule is COC(=O)C1=CC(OC(C)=O)CC2C1(C)CCC(C)C2(C)CCc1ccoc1. The molecule has 0 bridgehead atoms. The maximum Gasteiger partial charge on any atom is 0.334 e. The van der Waals surface area contributed by atoms with Crippen LogP contribution in [0, 0.1) is 22.7 Å². The van der Waals surface area contributed by atoms with Gasteiger partial charge in [0.25, 0.3) is 0 Å². The lowest BCUT2D eigenvalue weighted by molar-refractivity contribution is -0.152. The number of rotatable bonds is 5. The highest BCUT2D eigenvalue weighted by molar-refractivity contribution is 5.90. The molecule has 1 aromatic heterocycles. The Kier molecular flexibility index (Phi) is 5.74. The van der Waals surface area contributed by atoms with Gasteiger partial charge in [0.05, 0.1) is 19.6 Å². The first kappa shape index (κ1) is 20.7. The average Bonchev–Trinajstić information content (AvgIpc) is 3.17. The summed E-state index contributed by atoms with van der Waals surface area (Å²) in [4.78, 5) is 24.3. The van der Waals surface area contributed by atoms with Crippen LogP contribution in [0.15, 0.2) is 34.7 Å². The first-order valence-corrected chi connectivity index (χ1v) is 10.2. The number of hydrogen-bond acceptors (Lipinski definition) is 5. The maximum absolute atomic E-state index is 12.7. The molecule has 1 fully saturated rings. The Bertz CT molecular complexity index is 749.